The number of hydrogen-bond acceptors (Lipinski definition) is 2. The molecule has 0 aliphatic carbocycles. The number of nitrogens with zero attached hydrogens (tertiary/aromatic N) is 1. The van der Waals surface area contributed by atoms with Gasteiger partial charge in [-0.1, -0.05) is 0 Å². The molecule has 1 N–H and O–H groups in total. The van der Waals surface area contributed by atoms with Crippen molar-refractivity contribution in [2.75, 3.05) is 20.1 Å². The molecule has 0 saturated carbocycles. The van der Waals surface area contributed by atoms with Crippen molar-refractivity contribution in [2.24, 2.45) is 0 Å². The van der Waals surface area contributed by atoms with Crippen molar-refractivity contribution in [1.82, 2.24) is 4.90 Å². The number of hydrogen-bond donors (Lipinski definition) is 1. The van der Waals surface area contributed by atoms with E-state index in [0.717, 1.165) is 0 Å². The number of halogens is 3. The Bertz CT molecular complexity index is 138. The summed E-state index contributed by atoms with van der Waals surface area (Å²) in [6.45, 7) is -0.618. The highest BCUT2D eigenvalue weighted by Crippen LogP contribution is 2.36. The Hall–Kier alpha value is -0.290. The topological polar surface area (TPSA) is 23.5 Å². The van der Waals surface area contributed by atoms with Gasteiger partial charge in [0.25, 0.3) is 0 Å². The maximum atomic E-state index is 11.8. The first-order valence-corrected chi connectivity index (χ1v) is 2.83. The number of alkyl halides is 3. The van der Waals surface area contributed by atoms with Gasteiger partial charge in [-0.25, -0.2) is 0 Å². The van der Waals surface area contributed by atoms with Crippen LogP contribution >= 0.6 is 0 Å². The van der Waals surface area contributed by atoms with Crippen molar-refractivity contribution in [2.45, 2.75) is 11.8 Å². The number of aliphatic hydroxyl groups is 1. The van der Waals surface area contributed by atoms with Gasteiger partial charge in [0, 0.05) is 13.1 Å². The average molecular weight is 155 g/mol. The van der Waals surface area contributed by atoms with Gasteiger partial charge in [-0.05, 0) is 7.05 Å². The van der Waals surface area contributed by atoms with E-state index in [9.17, 15) is 13.2 Å². The molecule has 0 spiro atoms. The van der Waals surface area contributed by atoms with Crippen LogP contribution in [0.25, 0.3) is 0 Å². The monoisotopic (exact) mass is 155 g/mol. The molecule has 1 fully saturated rings. The SMILES string of the molecule is CN1CC(O)(C(F)(F)F)C1. The van der Waals surface area contributed by atoms with Gasteiger partial charge in [0.2, 0.25) is 0 Å². The molecule has 5 heteroatoms. The summed E-state index contributed by atoms with van der Waals surface area (Å²) >= 11 is 0. The average Bonchev–Trinajstić information content (AvgIpc) is 1.58. The third kappa shape index (κ3) is 0.992. The summed E-state index contributed by atoms with van der Waals surface area (Å²) in [5, 5.41) is 8.75. The number of rotatable bonds is 0. The lowest BCUT2D eigenvalue weighted by atomic mass is 9.95. The summed E-state index contributed by atoms with van der Waals surface area (Å²) in [6, 6.07) is 0. The first-order chi connectivity index (χ1) is 4.35. The lowest BCUT2D eigenvalue weighted by Gasteiger charge is -2.44. The van der Waals surface area contributed by atoms with E-state index >= 15 is 0 Å². The first kappa shape index (κ1) is 7.81. The van der Waals surface area contributed by atoms with Crippen LogP contribution in [0.15, 0.2) is 0 Å². The van der Waals surface area contributed by atoms with Crippen molar-refractivity contribution >= 4 is 0 Å². The molecule has 0 atom stereocenters. The van der Waals surface area contributed by atoms with Crippen LogP contribution in [-0.2, 0) is 0 Å². The molecular weight excluding hydrogens is 147 g/mol. The van der Waals surface area contributed by atoms with Crippen LogP contribution in [-0.4, -0.2) is 41.9 Å². The molecule has 0 aromatic heterocycles. The Morgan fingerprint density at radius 2 is 1.80 bits per heavy atom. The van der Waals surface area contributed by atoms with E-state index in [2.05, 4.69) is 0 Å². The molecule has 60 valence electrons. The molecule has 0 aromatic carbocycles. The van der Waals surface area contributed by atoms with Crippen LogP contribution in [0, 0.1) is 0 Å². The second kappa shape index (κ2) is 1.85. The highest BCUT2D eigenvalue weighted by Gasteiger charge is 2.59. The number of likely N-dealkylation sites (tertiary alicyclic amines) is 1. The van der Waals surface area contributed by atoms with E-state index in [1.807, 2.05) is 0 Å². The summed E-state index contributed by atoms with van der Waals surface area (Å²) in [5.41, 5.74) is -2.44. The van der Waals surface area contributed by atoms with Gasteiger partial charge in [0.1, 0.15) is 0 Å². The molecule has 0 bridgehead atoms. The summed E-state index contributed by atoms with van der Waals surface area (Å²) in [6.07, 6.45) is -4.47. The Morgan fingerprint density at radius 3 is 1.90 bits per heavy atom. The molecule has 1 heterocycles. The maximum Gasteiger partial charge on any atom is 0.419 e. The zero-order valence-corrected chi connectivity index (χ0v) is 5.44. The summed E-state index contributed by atoms with van der Waals surface area (Å²) in [4.78, 5) is 1.41. The molecule has 2 nitrogen and oxygen atoms in total. The fraction of sp³-hybridized carbons (Fsp3) is 1.00. The second-order valence-corrected chi connectivity index (χ2v) is 2.70. The van der Waals surface area contributed by atoms with E-state index in [1.165, 1.54) is 11.9 Å². The molecule has 0 unspecified atom stereocenters. The minimum Gasteiger partial charge on any atom is -0.378 e. The van der Waals surface area contributed by atoms with Crippen molar-refractivity contribution in [3.05, 3.63) is 0 Å². The third-order valence-electron chi connectivity index (χ3n) is 1.59. The van der Waals surface area contributed by atoms with Crippen LogP contribution in [0.1, 0.15) is 0 Å². The molecule has 1 rings (SSSR count). The highest BCUT2D eigenvalue weighted by molar-refractivity contribution is 4.99. The molecule has 1 saturated heterocycles. The molecular formula is C5H8F3NO. The van der Waals surface area contributed by atoms with Crippen LogP contribution < -0.4 is 0 Å². The van der Waals surface area contributed by atoms with E-state index in [4.69, 9.17) is 5.11 Å². The largest absolute Gasteiger partial charge is 0.419 e. The standard InChI is InChI=1S/C5H8F3NO/c1-9-2-4(10,3-9)5(6,7)8/h10H,2-3H2,1H3. The summed E-state index contributed by atoms with van der Waals surface area (Å²) < 4.78 is 35.3. The van der Waals surface area contributed by atoms with Gasteiger partial charge in [-0.3, -0.25) is 4.90 Å². The summed E-state index contributed by atoms with van der Waals surface area (Å²) in [5.74, 6) is 0. The van der Waals surface area contributed by atoms with Gasteiger partial charge >= 0.3 is 6.18 Å². The van der Waals surface area contributed by atoms with Gasteiger partial charge in [-0.2, -0.15) is 13.2 Å². The molecule has 0 amide bonds. The van der Waals surface area contributed by atoms with Crippen LogP contribution in [0.5, 0.6) is 0 Å². The van der Waals surface area contributed by atoms with Crippen LogP contribution in [0.2, 0.25) is 0 Å². The zero-order chi connectivity index (χ0) is 7.99. The van der Waals surface area contributed by atoms with E-state index in [1.54, 1.807) is 0 Å². The quantitative estimate of drug-likeness (QED) is 0.541. The normalized spacial score (nSPS) is 26.1. The van der Waals surface area contributed by atoms with Gasteiger partial charge < -0.3 is 5.11 Å². The predicted molar refractivity (Wildman–Crippen MR) is 28.5 cm³/mol. The molecule has 10 heavy (non-hydrogen) atoms. The number of β-amino-alcohol motifs (C(OH)–C–C–N with tert-alkyl or cyclic N) is 1. The van der Waals surface area contributed by atoms with E-state index in [0.29, 0.717) is 0 Å². The van der Waals surface area contributed by atoms with Gasteiger partial charge in [0.05, 0.1) is 0 Å². The van der Waals surface area contributed by atoms with Crippen molar-refractivity contribution in [1.29, 1.82) is 0 Å². The van der Waals surface area contributed by atoms with Gasteiger partial charge in [-0.15, -0.1) is 0 Å². The van der Waals surface area contributed by atoms with E-state index in [-0.39, 0.29) is 13.1 Å². The number of likely N-dealkylation sites (N-methyl/N-ethyl adjacent to an activating group) is 1. The second-order valence-electron chi connectivity index (χ2n) is 2.70. The van der Waals surface area contributed by atoms with Crippen molar-refractivity contribution in [3.63, 3.8) is 0 Å². The Labute approximate surface area is 56.2 Å². The van der Waals surface area contributed by atoms with Crippen LogP contribution in [0.3, 0.4) is 0 Å². The Balaban J connectivity index is 2.57. The lowest BCUT2D eigenvalue weighted by Crippen LogP contribution is -2.67. The van der Waals surface area contributed by atoms with Crippen LogP contribution in [0.4, 0.5) is 13.2 Å². The minimum atomic E-state index is -4.47. The third-order valence-corrected chi connectivity index (χ3v) is 1.59. The Morgan fingerprint density at radius 1 is 1.40 bits per heavy atom. The molecule has 0 aromatic rings. The van der Waals surface area contributed by atoms with Crippen molar-refractivity contribution < 1.29 is 18.3 Å². The molecule has 1 aliphatic heterocycles. The lowest BCUT2D eigenvalue weighted by molar-refractivity contribution is -0.298. The fourth-order valence-corrected chi connectivity index (χ4v) is 1.03. The molecule has 0 radical (unpaired) electrons. The van der Waals surface area contributed by atoms with E-state index < -0.39 is 11.8 Å². The van der Waals surface area contributed by atoms with Gasteiger partial charge in [0.15, 0.2) is 5.60 Å². The first-order valence-electron chi connectivity index (χ1n) is 2.83. The summed E-state index contributed by atoms with van der Waals surface area (Å²) in [7, 11) is 1.53. The smallest absolute Gasteiger partial charge is 0.378 e. The molecule has 1 aliphatic rings. The highest BCUT2D eigenvalue weighted by atomic mass is 19.4. The maximum absolute atomic E-state index is 11.8. The zero-order valence-electron chi connectivity index (χ0n) is 5.44. The predicted octanol–water partition coefficient (Wildman–Crippen LogP) is 0.225. The minimum absolute atomic E-state index is 0.309. The van der Waals surface area contributed by atoms with Crippen molar-refractivity contribution in [3.8, 4) is 0 Å². The fourth-order valence-electron chi connectivity index (χ4n) is 1.03. The Kier molecular flexibility index (Phi) is 1.45.